The van der Waals surface area contributed by atoms with Gasteiger partial charge in [-0.25, -0.2) is 0 Å². The maximum Gasteiger partial charge on any atom is 0.327 e. The number of nitrogens with zero attached hydrogens (tertiary/aromatic N) is 3. The first-order chi connectivity index (χ1) is 13.0. The number of para-hydroxylation sites is 1. The fourth-order valence-corrected chi connectivity index (χ4v) is 3.17. The number of nitro benzene ring substituents is 1. The van der Waals surface area contributed by atoms with Crippen molar-refractivity contribution in [2.24, 2.45) is 0 Å². The number of rotatable bonds is 5. The third-order valence-electron chi connectivity index (χ3n) is 4.30. The van der Waals surface area contributed by atoms with Crippen molar-refractivity contribution in [3.8, 4) is 5.75 Å². The van der Waals surface area contributed by atoms with Gasteiger partial charge in [0.2, 0.25) is 5.82 Å². The summed E-state index contributed by atoms with van der Waals surface area (Å²) in [6.07, 6.45) is 0. The first kappa shape index (κ1) is 19.1. The monoisotopic (exact) mass is 437 g/mol. The van der Waals surface area contributed by atoms with Crippen molar-refractivity contribution in [2.45, 2.75) is 0 Å². The summed E-state index contributed by atoms with van der Waals surface area (Å²) in [5, 5.41) is 11.2. The lowest BCUT2D eigenvalue weighted by Crippen LogP contribution is -2.50. The molecule has 142 valence electrons. The highest BCUT2D eigenvalue weighted by Crippen LogP contribution is 2.31. The fraction of sp³-hybridized carbons (Fsp3) is 0.278. The summed E-state index contributed by atoms with van der Waals surface area (Å²) >= 11 is 3.33. The summed E-state index contributed by atoms with van der Waals surface area (Å²) in [4.78, 5) is 26.1. The van der Waals surface area contributed by atoms with Crippen LogP contribution in [0.4, 0.5) is 15.8 Å². The third-order valence-corrected chi connectivity index (χ3v) is 4.83. The van der Waals surface area contributed by atoms with E-state index in [4.69, 9.17) is 4.74 Å². The molecule has 0 N–H and O–H groups in total. The van der Waals surface area contributed by atoms with Gasteiger partial charge in [0.15, 0.2) is 6.61 Å². The molecule has 2 aromatic rings. The Labute approximate surface area is 163 Å². The van der Waals surface area contributed by atoms with Gasteiger partial charge in [0.1, 0.15) is 11.4 Å². The molecule has 0 bridgehead atoms. The summed E-state index contributed by atoms with van der Waals surface area (Å²) in [6.45, 7) is 1.46. The second kappa shape index (κ2) is 8.34. The van der Waals surface area contributed by atoms with E-state index in [1.807, 2.05) is 12.1 Å². The van der Waals surface area contributed by atoms with Crippen LogP contribution in [0.15, 0.2) is 46.9 Å². The molecule has 1 aliphatic heterocycles. The molecule has 7 nitrogen and oxygen atoms in total. The molecule has 2 aromatic carbocycles. The van der Waals surface area contributed by atoms with Crippen molar-refractivity contribution in [3.05, 3.63) is 62.9 Å². The summed E-state index contributed by atoms with van der Waals surface area (Å²) in [7, 11) is 0. The number of benzene rings is 2. The molecule has 0 atom stereocenters. The predicted octanol–water partition coefficient (Wildman–Crippen LogP) is 3.22. The number of amides is 1. The van der Waals surface area contributed by atoms with Crippen LogP contribution in [0.2, 0.25) is 0 Å². The number of hydrogen-bond acceptors (Lipinski definition) is 5. The maximum absolute atomic E-state index is 13.8. The van der Waals surface area contributed by atoms with Crippen LogP contribution in [0.3, 0.4) is 0 Å². The van der Waals surface area contributed by atoms with Crippen molar-refractivity contribution in [2.75, 3.05) is 37.7 Å². The van der Waals surface area contributed by atoms with Gasteiger partial charge in [0, 0.05) is 30.7 Å². The predicted molar refractivity (Wildman–Crippen MR) is 101 cm³/mol. The Bertz CT molecular complexity index is 839. The SMILES string of the molecule is O=C(COc1ccc(Br)cc1)N1CCN(c2cccc(F)c2[N+](=O)[O-])CC1. The largest absolute Gasteiger partial charge is 0.484 e. The van der Waals surface area contributed by atoms with Gasteiger partial charge in [-0.2, -0.15) is 4.39 Å². The Kier molecular flexibility index (Phi) is 5.90. The molecule has 0 radical (unpaired) electrons. The van der Waals surface area contributed by atoms with E-state index in [2.05, 4.69) is 15.9 Å². The molecule has 1 aliphatic rings. The number of piperazine rings is 1. The van der Waals surface area contributed by atoms with Gasteiger partial charge in [-0.3, -0.25) is 14.9 Å². The minimum absolute atomic E-state index is 0.0816. The number of hydrogen-bond donors (Lipinski definition) is 0. The number of halogens is 2. The van der Waals surface area contributed by atoms with Crippen molar-refractivity contribution >= 4 is 33.2 Å². The Balaban J connectivity index is 1.57. The van der Waals surface area contributed by atoms with Crippen LogP contribution in [-0.2, 0) is 4.79 Å². The van der Waals surface area contributed by atoms with E-state index in [0.29, 0.717) is 31.9 Å². The average molecular weight is 438 g/mol. The average Bonchev–Trinajstić information content (AvgIpc) is 2.67. The number of carbonyl (C=O) groups is 1. The standard InChI is InChI=1S/C18H17BrFN3O4/c19-13-4-6-14(7-5-13)27-12-17(24)22-10-8-21(9-11-22)16-3-1-2-15(20)18(16)23(25)26/h1-7H,8-12H2. The van der Waals surface area contributed by atoms with Gasteiger partial charge in [-0.05, 0) is 36.4 Å². The van der Waals surface area contributed by atoms with E-state index in [1.165, 1.54) is 12.1 Å². The second-order valence-electron chi connectivity index (χ2n) is 5.98. The van der Waals surface area contributed by atoms with Crippen LogP contribution < -0.4 is 9.64 Å². The highest BCUT2D eigenvalue weighted by atomic mass is 79.9. The highest BCUT2D eigenvalue weighted by Gasteiger charge is 2.28. The maximum atomic E-state index is 13.8. The lowest BCUT2D eigenvalue weighted by atomic mass is 10.2. The summed E-state index contributed by atoms with van der Waals surface area (Å²) < 4.78 is 20.2. The van der Waals surface area contributed by atoms with Gasteiger partial charge >= 0.3 is 5.69 Å². The molecule has 0 aromatic heterocycles. The fourth-order valence-electron chi connectivity index (χ4n) is 2.90. The summed E-state index contributed by atoms with van der Waals surface area (Å²) in [5.41, 5.74) is -0.297. The molecule has 3 rings (SSSR count). The Hall–Kier alpha value is -2.68. The van der Waals surface area contributed by atoms with Gasteiger partial charge in [-0.1, -0.05) is 22.0 Å². The Morgan fingerprint density at radius 2 is 1.81 bits per heavy atom. The van der Waals surface area contributed by atoms with Gasteiger partial charge in [0.25, 0.3) is 5.91 Å². The molecule has 1 heterocycles. The normalized spacial score (nSPS) is 14.1. The molecule has 1 fully saturated rings. The molecule has 0 spiro atoms. The number of anilines is 1. The van der Waals surface area contributed by atoms with Crippen LogP contribution in [-0.4, -0.2) is 48.5 Å². The molecular formula is C18H17BrFN3O4. The highest BCUT2D eigenvalue weighted by molar-refractivity contribution is 9.10. The van der Waals surface area contributed by atoms with E-state index < -0.39 is 16.4 Å². The first-order valence-electron chi connectivity index (χ1n) is 8.29. The van der Waals surface area contributed by atoms with Crippen molar-refractivity contribution < 1.29 is 18.8 Å². The minimum Gasteiger partial charge on any atom is -0.484 e. The number of nitro groups is 1. The minimum atomic E-state index is -0.862. The quantitative estimate of drug-likeness (QED) is 0.530. The second-order valence-corrected chi connectivity index (χ2v) is 6.89. The zero-order valence-electron chi connectivity index (χ0n) is 14.3. The summed E-state index contributed by atoms with van der Waals surface area (Å²) in [6, 6.07) is 11.2. The smallest absolute Gasteiger partial charge is 0.327 e. The van der Waals surface area contributed by atoms with E-state index in [1.54, 1.807) is 21.9 Å². The zero-order chi connectivity index (χ0) is 19.4. The molecule has 0 unspecified atom stereocenters. The van der Waals surface area contributed by atoms with Crippen LogP contribution in [0, 0.1) is 15.9 Å². The van der Waals surface area contributed by atoms with Crippen LogP contribution in [0.1, 0.15) is 0 Å². The molecular weight excluding hydrogens is 421 g/mol. The van der Waals surface area contributed by atoms with Crippen molar-refractivity contribution in [1.29, 1.82) is 0 Å². The molecule has 27 heavy (non-hydrogen) atoms. The van der Waals surface area contributed by atoms with E-state index >= 15 is 0 Å². The third kappa shape index (κ3) is 4.54. The van der Waals surface area contributed by atoms with Crippen LogP contribution in [0.25, 0.3) is 0 Å². The first-order valence-corrected chi connectivity index (χ1v) is 9.09. The van der Waals surface area contributed by atoms with Crippen LogP contribution >= 0.6 is 15.9 Å². The lowest BCUT2D eigenvalue weighted by Gasteiger charge is -2.35. The van der Waals surface area contributed by atoms with Crippen molar-refractivity contribution in [1.82, 2.24) is 4.90 Å². The molecule has 1 saturated heterocycles. The topological polar surface area (TPSA) is 75.9 Å². The van der Waals surface area contributed by atoms with Gasteiger partial charge < -0.3 is 14.5 Å². The zero-order valence-corrected chi connectivity index (χ0v) is 15.9. The van der Waals surface area contributed by atoms with Crippen LogP contribution in [0.5, 0.6) is 5.75 Å². The molecule has 0 aliphatic carbocycles. The number of carbonyl (C=O) groups excluding carboxylic acids is 1. The van der Waals surface area contributed by atoms with Crippen molar-refractivity contribution in [3.63, 3.8) is 0 Å². The number of ether oxygens (including phenoxy) is 1. The molecule has 0 saturated carbocycles. The Morgan fingerprint density at radius 1 is 1.15 bits per heavy atom. The molecule has 9 heteroatoms. The van der Waals surface area contributed by atoms with E-state index in [0.717, 1.165) is 10.5 Å². The van der Waals surface area contributed by atoms with E-state index in [9.17, 15) is 19.3 Å². The lowest BCUT2D eigenvalue weighted by molar-refractivity contribution is -0.386. The van der Waals surface area contributed by atoms with E-state index in [-0.39, 0.29) is 18.2 Å². The molecule has 1 amide bonds. The van der Waals surface area contributed by atoms with Gasteiger partial charge in [0.05, 0.1) is 4.92 Å². The Morgan fingerprint density at radius 3 is 2.44 bits per heavy atom. The summed E-state index contributed by atoms with van der Waals surface area (Å²) in [5.74, 6) is -0.425. The van der Waals surface area contributed by atoms with Gasteiger partial charge in [-0.15, -0.1) is 0 Å².